The summed E-state index contributed by atoms with van der Waals surface area (Å²) in [5.41, 5.74) is -0.609. The van der Waals surface area contributed by atoms with Gasteiger partial charge in [-0.3, -0.25) is 38.4 Å². The molecule has 2 atom stereocenters. The molecule has 2 unspecified atom stereocenters. The summed E-state index contributed by atoms with van der Waals surface area (Å²) in [7, 11) is 12.8. The summed E-state index contributed by atoms with van der Waals surface area (Å²) >= 11 is 12.1. The molecule has 0 aromatic rings. The summed E-state index contributed by atoms with van der Waals surface area (Å²) in [5, 5.41) is 2.64. The van der Waals surface area contributed by atoms with Crippen molar-refractivity contribution in [1.29, 1.82) is 0 Å². The van der Waals surface area contributed by atoms with Crippen LogP contribution in [0.5, 0.6) is 0 Å². The minimum Gasteiger partial charge on any atom is -0.330 e. The number of hydrogen-bond acceptors (Lipinski definition) is 16. The number of rotatable bonds is 59. The number of thioether (sulfide) groups is 8. The maximum Gasteiger partial charge on any atom is 0.194 e. The fourth-order valence-electron chi connectivity index (χ4n) is 13.9. The van der Waals surface area contributed by atoms with Gasteiger partial charge < -0.3 is 35.9 Å². The third-order valence-corrected chi connectivity index (χ3v) is 33.4. The van der Waals surface area contributed by atoms with Gasteiger partial charge in [0.2, 0.25) is 0 Å². The summed E-state index contributed by atoms with van der Waals surface area (Å²) in [6.07, 6.45) is 15.5. The van der Waals surface area contributed by atoms with Gasteiger partial charge in [-0.2, -0.15) is 0 Å². The van der Waals surface area contributed by atoms with Gasteiger partial charge in [-0.1, -0.05) is 293 Å². The molecule has 16 nitrogen and oxygen atoms in total. The summed E-state index contributed by atoms with van der Waals surface area (Å²) in [6, 6.07) is 0. The van der Waals surface area contributed by atoms with Gasteiger partial charge in [-0.15, -0.1) is 0 Å². The second-order valence-corrected chi connectivity index (χ2v) is 50.6. The lowest BCUT2D eigenvalue weighted by atomic mass is 9.99. The molecule has 0 radical (unpaired) electrons. The average molecular weight is 1970 g/mol. The van der Waals surface area contributed by atoms with E-state index in [1.54, 1.807) is 11.8 Å². The van der Waals surface area contributed by atoms with Crippen LogP contribution in [0.4, 0.5) is 0 Å². The SMILES string of the molecule is CC(C)(C)C(=O)SCC[N+](C)(C)C.CC(C)C(=O)SCC[N+](C)(C)C.CCCCC(=O)SCC[N+](CC)(CCC)CCCC.CCCC[N+](CC)(CCC)CCSC(=O)C(C)C.CCC[N+](CC)(CCC)CCSC(=O)C(C)(C)C.CCC[N+](CC)(CCC)CCSC(=O)C(C)C.CC[N+](CC)(CC)CCSC(=O)C(C)(C)C.CC[N+](CC)(CC)CCSC(=O)C(C)C. The van der Waals surface area contributed by atoms with Crippen molar-refractivity contribution in [3.05, 3.63) is 0 Å². The third-order valence-electron chi connectivity index (χ3n) is 24.2. The van der Waals surface area contributed by atoms with E-state index < -0.39 is 0 Å². The van der Waals surface area contributed by atoms with Crippen LogP contribution in [0.2, 0.25) is 0 Å². The highest BCUT2D eigenvalue weighted by atomic mass is 32.2. The van der Waals surface area contributed by atoms with E-state index in [9.17, 15) is 38.4 Å². The van der Waals surface area contributed by atoms with Crippen LogP contribution in [-0.4, -0.2) is 335 Å². The molecule has 128 heavy (non-hydrogen) atoms. The minimum absolute atomic E-state index is 0.167. The van der Waals surface area contributed by atoms with Crippen molar-refractivity contribution < 1.29 is 74.2 Å². The van der Waals surface area contributed by atoms with Gasteiger partial charge in [0.1, 0.15) is 0 Å². The Hall–Kier alpha value is -0.160. The number of carbonyl (C=O) groups is 8. The summed E-state index contributed by atoms with van der Waals surface area (Å²) in [4.78, 5) is 92.8. The van der Waals surface area contributed by atoms with E-state index in [1.165, 1.54) is 263 Å². The summed E-state index contributed by atoms with van der Waals surface area (Å²) in [6.45, 7) is 107. The zero-order valence-electron chi connectivity index (χ0n) is 93.2. The Balaban J connectivity index is -0.000000215. The van der Waals surface area contributed by atoms with Gasteiger partial charge in [0.05, 0.1) is 258 Å². The fourth-order valence-corrected chi connectivity index (χ4v) is 22.6. The van der Waals surface area contributed by atoms with Gasteiger partial charge in [-0.05, 0) is 127 Å². The Morgan fingerprint density at radius 1 is 0.211 bits per heavy atom. The fraction of sp³-hybridized carbons (Fsp3) is 0.923. The molecule has 0 aromatic heterocycles. The van der Waals surface area contributed by atoms with Crippen molar-refractivity contribution in [1.82, 2.24) is 0 Å². The first kappa shape index (κ1) is 143. The molecule has 0 bridgehead atoms. The van der Waals surface area contributed by atoms with Crippen LogP contribution in [0.25, 0.3) is 0 Å². The number of quaternary nitrogens is 8. The predicted molar refractivity (Wildman–Crippen MR) is 589 cm³/mol. The average Bonchev–Trinajstić information content (AvgIpc) is 0.904. The van der Waals surface area contributed by atoms with Gasteiger partial charge >= 0.3 is 0 Å². The molecule has 0 saturated heterocycles. The van der Waals surface area contributed by atoms with Crippen LogP contribution in [0.15, 0.2) is 0 Å². The van der Waals surface area contributed by atoms with E-state index >= 15 is 0 Å². The molecule has 24 heteroatoms. The number of hydrogen-bond donors (Lipinski definition) is 0. The van der Waals surface area contributed by atoms with Crippen LogP contribution >= 0.6 is 94.1 Å². The smallest absolute Gasteiger partial charge is 0.194 e. The van der Waals surface area contributed by atoms with Crippen LogP contribution < -0.4 is 0 Å². The standard InChI is InChI=1S/C16H34NOS.2C15H32NOS.C14H30NOS.C13H28NOS.C12H26NOS.C10H22NOS.C9H20NOS/c1-5-9-11-16(18)19-15-14-17(8-4,12-7-3)13-10-6-2;1-7-10-16(9-3,11-8-2)12-13-18-14(17)15(4,5)6;1-6-9-11-16(8-3,10-7-2)12-13-18-15(17)14(4)5;1-6-9-15(8-3,10-7-2)11-12-17-14(16)13(4)5;1-7-14(8-2,9-3)10-11-16-12(15)13(4,5)6;1-6-13(7-2,8-3)9-10-15-12(14)11(4)5;1-10(2,3)9(12)13-8-7-11(4,5)6;1-8(2)9(11)12-7-6-10(3,4)5/h5-15H2,1-4H3;7-13H2,1-6H3;14H,6-13H2,1-5H3;13H,6-12H2,1-5H3;7-11H2,1-6H3;11H,6-10H2,1-5H3;7-8H2,1-6H3;8H,6-7H2,1-5H3/q8*+1. The molecule has 0 aliphatic carbocycles. The number of nitrogens with zero attached hydrogens (tertiary/aromatic N) is 8. The first-order valence-electron chi connectivity index (χ1n) is 51.3. The monoisotopic (exact) mass is 1970 g/mol. The van der Waals surface area contributed by atoms with E-state index in [0.29, 0.717) is 40.9 Å². The highest BCUT2D eigenvalue weighted by Crippen LogP contribution is 2.28. The summed E-state index contributed by atoms with van der Waals surface area (Å²) < 4.78 is 8.88. The van der Waals surface area contributed by atoms with Crippen molar-refractivity contribution in [2.24, 2.45) is 39.9 Å². The van der Waals surface area contributed by atoms with E-state index in [0.717, 1.165) is 155 Å². The molecule has 768 valence electrons. The molecule has 0 spiro atoms. The molecule has 0 aliphatic rings. The Labute approximate surface area is 833 Å². The molecular weight excluding hydrogens is 1750 g/mol. The lowest BCUT2D eigenvalue weighted by Gasteiger charge is -2.37. The van der Waals surface area contributed by atoms with Crippen molar-refractivity contribution in [3.8, 4) is 0 Å². The second-order valence-electron chi connectivity index (χ2n) is 41.8. The molecule has 0 aromatic carbocycles. The topological polar surface area (TPSA) is 137 Å². The predicted octanol–water partition coefficient (Wildman–Crippen LogP) is 25.5. The molecule has 0 fully saturated rings. The molecule has 0 N–H and O–H groups in total. The van der Waals surface area contributed by atoms with E-state index in [4.69, 9.17) is 0 Å². The lowest BCUT2D eigenvalue weighted by Crippen LogP contribution is -2.50. The Bertz CT molecular complexity index is 2710. The van der Waals surface area contributed by atoms with Crippen molar-refractivity contribution >= 4 is 135 Å². The van der Waals surface area contributed by atoms with E-state index in [1.807, 2.05) is 118 Å². The van der Waals surface area contributed by atoms with E-state index in [-0.39, 0.29) is 39.9 Å². The molecule has 0 aliphatic heterocycles. The second kappa shape index (κ2) is 81.7. The third kappa shape index (κ3) is 78.7. The highest BCUT2D eigenvalue weighted by Gasteiger charge is 2.32. The quantitative estimate of drug-likeness (QED) is 0.0534. The Morgan fingerprint density at radius 2 is 0.383 bits per heavy atom. The minimum atomic E-state index is -0.206. The largest absolute Gasteiger partial charge is 0.330 e. The first-order valence-corrected chi connectivity index (χ1v) is 59.2. The van der Waals surface area contributed by atoms with E-state index in [2.05, 4.69) is 174 Å². The van der Waals surface area contributed by atoms with Crippen LogP contribution in [0, 0.1) is 39.9 Å². The molecule has 0 saturated carbocycles. The molecule has 0 heterocycles. The molecule has 0 amide bonds. The normalized spacial score (nSPS) is 13.1. The van der Waals surface area contributed by atoms with Gasteiger partial charge in [0.25, 0.3) is 0 Å². The van der Waals surface area contributed by atoms with Crippen molar-refractivity contribution in [2.75, 3.05) is 258 Å². The zero-order chi connectivity index (χ0) is 101. The lowest BCUT2D eigenvalue weighted by molar-refractivity contribution is -0.924. The van der Waals surface area contributed by atoms with Crippen LogP contribution in [0.3, 0.4) is 0 Å². The van der Waals surface area contributed by atoms with Gasteiger partial charge in [0.15, 0.2) is 40.9 Å². The molecule has 0 rings (SSSR count). The Morgan fingerprint density at radius 3 is 0.555 bits per heavy atom. The van der Waals surface area contributed by atoms with Crippen molar-refractivity contribution in [3.63, 3.8) is 0 Å². The van der Waals surface area contributed by atoms with Crippen molar-refractivity contribution in [2.45, 2.75) is 333 Å². The highest BCUT2D eigenvalue weighted by molar-refractivity contribution is 8.15. The summed E-state index contributed by atoms with van der Waals surface area (Å²) in [5.74, 6) is 8.35. The maximum atomic E-state index is 11.9. The maximum absolute atomic E-state index is 11.9. The van der Waals surface area contributed by atoms with Gasteiger partial charge in [-0.25, -0.2) is 0 Å². The molecular formula is C104H224N8O8S8+8. The zero-order valence-corrected chi connectivity index (χ0v) is 99.7. The van der Waals surface area contributed by atoms with Crippen LogP contribution in [-0.2, 0) is 38.4 Å². The first-order chi connectivity index (χ1) is 59.2. The van der Waals surface area contributed by atoms with Crippen LogP contribution in [0.1, 0.15) is 333 Å². The van der Waals surface area contributed by atoms with Gasteiger partial charge in [0, 0.05) is 46.3 Å². The Kier molecular flexibility index (Phi) is 91.4. The number of carbonyl (C=O) groups excluding carboxylic acids is 8. The number of unbranched alkanes of at least 4 members (excludes halogenated alkanes) is 3.